The quantitative estimate of drug-likeness (QED) is 0.814. The molecule has 1 saturated heterocycles. The Bertz CT molecular complexity index is 550. The fourth-order valence-corrected chi connectivity index (χ4v) is 3.10. The highest BCUT2D eigenvalue weighted by molar-refractivity contribution is 5.78. The molecule has 0 saturated carbocycles. The van der Waals surface area contributed by atoms with Gasteiger partial charge < -0.3 is 0 Å². The SMILES string of the molecule is CCCCN1CCCC1c1cnc2ccccc2c1. The third-order valence-corrected chi connectivity index (χ3v) is 4.16. The Kier molecular flexibility index (Phi) is 3.79. The summed E-state index contributed by atoms with van der Waals surface area (Å²) in [7, 11) is 0. The number of benzene rings is 1. The third kappa shape index (κ3) is 2.64. The van der Waals surface area contributed by atoms with Gasteiger partial charge in [-0.15, -0.1) is 0 Å². The number of rotatable bonds is 4. The number of hydrogen-bond acceptors (Lipinski definition) is 2. The van der Waals surface area contributed by atoms with Crippen LogP contribution in [0.3, 0.4) is 0 Å². The molecule has 0 spiro atoms. The Morgan fingerprint density at radius 2 is 2.21 bits per heavy atom. The number of pyridine rings is 1. The average molecular weight is 254 g/mol. The van der Waals surface area contributed by atoms with Gasteiger partial charge in [0, 0.05) is 17.6 Å². The second-order valence-corrected chi connectivity index (χ2v) is 5.51. The van der Waals surface area contributed by atoms with Crippen molar-refractivity contribution in [3.8, 4) is 0 Å². The lowest BCUT2D eigenvalue weighted by atomic mass is 10.0. The lowest BCUT2D eigenvalue weighted by molar-refractivity contribution is 0.253. The summed E-state index contributed by atoms with van der Waals surface area (Å²) in [4.78, 5) is 7.25. The molecule has 0 aliphatic carbocycles. The van der Waals surface area contributed by atoms with E-state index in [1.807, 2.05) is 0 Å². The van der Waals surface area contributed by atoms with Crippen LogP contribution in [0.4, 0.5) is 0 Å². The lowest BCUT2D eigenvalue weighted by Gasteiger charge is -2.24. The molecule has 1 fully saturated rings. The van der Waals surface area contributed by atoms with Crippen LogP contribution in [-0.4, -0.2) is 23.0 Å². The van der Waals surface area contributed by atoms with Gasteiger partial charge in [-0.1, -0.05) is 31.5 Å². The molecule has 2 nitrogen and oxygen atoms in total. The van der Waals surface area contributed by atoms with Crippen LogP contribution in [0.15, 0.2) is 36.5 Å². The van der Waals surface area contributed by atoms with Crippen molar-refractivity contribution in [1.82, 2.24) is 9.88 Å². The molecule has 19 heavy (non-hydrogen) atoms. The summed E-state index contributed by atoms with van der Waals surface area (Å²) >= 11 is 0. The van der Waals surface area contributed by atoms with Gasteiger partial charge in [-0.25, -0.2) is 0 Å². The van der Waals surface area contributed by atoms with Crippen molar-refractivity contribution in [3.05, 3.63) is 42.1 Å². The molecule has 1 aromatic carbocycles. The van der Waals surface area contributed by atoms with Crippen molar-refractivity contribution >= 4 is 10.9 Å². The molecule has 0 bridgehead atoms. The summed E-state index contributed by atoms with van der Waals surface area (Å²) in [6.07, 6.45) is 7.26. The maximum absolute atomic E-state index is 4.61. The molecular weight excluding hydrogens is 232 g/mol. The zero-order valence-corrected chi connectivity index (χ0v) is 11.7. The molecule has 0 N–H and O–H groups in total. The number of fused-ring (bicyclic) bond motifs is 1. The van der Waals surface area contributed by atoms with E-state index in [4.69, 9.17) is 0 Å². The molecule has 0 amide bonds. The smallest absolute Gasteiger partial charge is 0.0702 e. The van der Waals surface area contributed by atoms with Crippen molar-refractivity contribution in [2.24, 2.45) is 0 Å². The zero-order chi connectivity index (χ0) is 13.1. The Labute approximate surface area is 115 Å². The predicted octanol–water partition coefficient (Wildman–Crippen LogP) is 4.17. The minimum atomic E-state index is 0.587. The molecule has 0 radical (unpaired) electrons. The molecule has 100 valence electrons. The summed E-state index contributed by atoms with van der Waals surface area (Å²) in [6, 6.07) is 11.3. The molecule has 1 unspecified atom stereocenters. The van der Waals surface area contributed by atoms with Gasteiger partial charge in [0.15, 0.2) is 0 Å². The minimum absolute atomic E-state index is 0.587. The number of nitrogens with zero attached hydrogens (tertiary/aromatic N) is 2. The lowest BCUT2D eigenvalue weighted by Crippen LogP contribution is -2.24. The second kappa shape index (κ2) is 5.70. The van der Waals surface area contributed by atoms with Gasteiger partial charge in [0.05, 0.1) is 5.52 Å². The van der Waals surface area contributed by atoms with Gasteiger partial charge in [-0.3, -0.25) is 9.88 Å². The molecular formula is C17H22N2. The van der Waals surface area contributed by atoms with Crippen LogP contribution in [0.25, 0.3) is 10.9 Å². The Morgan fingerprint density at radius 1 is 1.32 bits per heavy atom. The topological polar surface area (TPSA) is 16.1 Å². The molecule has 2 heteroatoms. The van der Waals surface area contributed by atoms with Crippen molar-refractivity contribution in [3.63, 3.8) is 0 Å². The summed E-state index contributed by atoms with van der Waals surface area (Å²) in [5.74, 6) is 0. The highest BCUT2D eigenvalue weighted by atomic mass is 15.2. The summed E-state index contributed by atoms with van der Waals surface area (Å²) in [5.41, 5.74) is 2.50. The summed E-state index contributed by atoms with van der Waals surface area (Å²) in [6.45, 7) is 4.74. The van der Waals surface area contributed by atoms with Crippen LogP contribution >= 0.6 is 0 Å². The first kappa shape index (κ1) is 12.6. The van der Waals surface area contributed by atoms with E-state index in [0.29, 0.717) is 6.04 Å². The van der Waals surface area contributed by atoms with Crippen LogP contribution in [0.2, 0.25) is 0 Å². The monoisotopic (exact) mass is 254 g/mol. The van der Waals surface area contributed by atoms with Crippen LogP contribution in [0.1, 0.15) is 44.2 Å². The largest absolute Gasteiger partial charge is 0.296 e. The minimum Gasteiger partial charge on any atom is -0.296 e. The van der Waals surface area contributed by atoms with E-state index in [-0.39, 0.29) is 0 Å². The van der Waals surface area contributed by atoms with Crippen LogP contribution in [0, 0.1) is 0 Å². The Morgan fingerprint density at radius 3 is 3.11 bits per heavy atom. The standard InChI is InChI=1S/C17H22N2/c1-2-3-10-19-11-6-9-17(19)15-12-14-7-4-5-8-16(14)18-13-15/h4-5,7-8,12-13,17H,2-3,6,9-11H2,1H3. The van der Waals surface area contributed by atoms with Gasteiger partial charge in [-0.2, -0.15) is 0 Å². The first-order chi connectivity index (χ1) is 9.38. The Balaban J connectivity index is 1.86. The molecule has 2 aromatic rings. The van der Waals surface area contributed by atoms with E-state index in [0.717, 1.165) is 5.52 Å². The normalized spacial score (nSPS) is 20.2. The highest BCUT2D eigenvalue weighted by Crippen LogP contribution is 2.32. The van der Waals surface area contributed by atoms with Gasteiger partial charge in [0.2, 0.25) is 0 Å². The van der Waals surface area contributed by atoms with Crippen LogP contribution < -0.4 is 0 Å². The van der Waals surface area contributed by atoms with E-state index in [1.54, 1.807) is 0 Å². The van der Waals surface area contributed by atoms with Gasteiger partial charge in [-0.05, 0) is 50.0 Å². The van der Waals surface area contributed by atoms with Crippen molar-refractivity contribution in [2.75, 3.05) is 13.1 Å². The second-order valence-electron chi connectivity index (χ2n) is 5.51. The van der Waals surface area contributed by atoms with Gasteiger partial charge in [0.1, 0.15) is 0 Å². The fraction of sp³-hybridized carbons (Fsp3) is 0.471. The average Bonchev–Trinajstić information content (AvgIpc) is 2.93. The van der Waals surface area contributed by atoms with E-state index in [1.165, 1.54) is 49.7 Å². The highest BCUT2D eigenvalue weighted by Gasteiger charge is 2.25. The molecule has 1 atom stereocenters. The Hall–Kier alpha value is -1.41. The van der Waals surface area contributed by atoms with Crippen molar-refractivity contribution < 1.29 is 0 Å². The maximum Gasteiger partial charge on any atom is 0.0702 e. The molecule has 2 heterocycles. The first-order valence-corrected chi connectivity index (χ1v) is 7.47. The van der Waals surface area contributed by atoms with Crippen LogP contribution in [0.5, 0.6) is 0 Å². The number of hydrogen-bond donors (Lipinski definition) is 0. The number of para-hydroxylation sites is 1. The fourth-order valence-electron chi connectivity index (χ4n) is 3.10. The number of aromatic nitrogens is 1. The summed E-state index contributed by atoms with van der Waals surface area (Å²) in [5, 5.41) is 1.27. The molecule has 1 aromatic heterocycles. The maximum atomic E-state index is 4.61. The van der Waals surface area contributed by atoms with Crippen molar-refractivity contribution in [1.29, 1.82) is 0 Å². The van der Waals surface area contributed by atoms with E-state index >= 15 is 0 Å². The predicted molar refractivity (Wildman–Crippen MR) is 80.2 cm³/mol. The summed E-state index contributed by atoms with van der Waals surface area (Å²) < 4.78 is 0. The zero-order valence-electron chi connectivity index (χ0n) is 11.7. The van der Waals surface area contributed by atoms with E-state index < -0.39 is 0 Å². The van der Waals surface area contributed by atoms with Gasteiger partial charge in [0.25, 0.3) is 0 Å². The van der Waals surface area contributed by atoms with E-state index in [2.05, 4.69) is 53.3 Å². The molecule has 1 aliphatic rings. The van der Waals surface area contributed by atoms with Crippen LogP contribution in [-0.2, 0) is 0 Å². The third-order valence-electron chi connectivity index (χ3n) is 4.16. The van der Waals surface area contributed by atoms with Crippen molar-refractivity contribution in [2.45, 2.75) is 38.6 Å². The number of likely N-dealkylation sites (tertiary alicyclic amines) is 1. The molecule has 1 aliphatic heterocycles. The first-order valence-electron chi connectivity index (χ1n) is 7.47. The number of unbranched alkanes of at least 4 members (excludes halogenated alkanes) is 1. The molecule has 3 rings (SSSR count). The van der Waals surface area contributed by atoms with E-state index in [9.17, 15) is 0 Å². The van der Waals surface area contributed by atoms with Gasteiger partial charge >= 0.3 is 0 Å².